The average Bonchev–Trinajstić information content (AvgIpc) is 2.47. The van der Waals surface area contributed by atoms with E-state index < -0.39 is 0 Å². The highest BCUT2D eigenvalue weighted by atomic mass is 32.2. The molecule has 0 radical (unpaired) electrons. The number of ether oxygens (including phenoxy) is 1. The van der Waals surface area contributed by atoms with E-state index in [9.17, 15) is 0 Å². The summed E-state index contributed by atoms with van der Waals surface area (Å²) in [4.78, 5) is 8.19. The maximum atomic E-state index is 5.97. The van der Waals surface area contributed by atoms with Gasteiger partial charge in [-0.2, -0.15) is 16.7 Å². The van der Waals surface area contributed by atoms with E-state index in [-0.39, 0.29) is 0 Å². The zero-order valence-corrected chi connectivity index (χ0v) is 12.4. The molecule has 2 rings (SSSR count). The predicted molar refractivity (Wildman–Crippen MR) is 80.8 cm³/mol. The van der Waals surface area contributed by atoms with E-state index >= 15 is 0 Å². The molecule has 1 fully saturated rings. The van der Waals surface area contributed by atoms with Crippen LogP contribution in [0.1, 0.15) is 32.1 Å². The summed E-state index contributed by atoms with van der Waals surface area (Å²) in [5, 5.41) is 3.37. The van der Waals surface area contributed by atoms with Crippen molar-refractivity contribution in [2.45, 2.75) is 36.9 Å². The van der Waals surface area contributed by atoms with Crippen LogP contribution in [0.5, 0.6) is 5.88 Å². The van der Waals surface area contributed by atoms with Crippen LogP contribution >= 0.6 is 11.8 Å². The van der Waals surface area contributed by atoms with Crippen LogP contribution in [0.15, 0.2) is 6.33 Å². The van der Waals surface area contributed by atoms with Gasteiger partial charge in [-0.3, -0.25) is 0 Å². The molecule has 1 saturated carbocycles. The molecule has 106 valence electrons. The van der Waals surface area contributed by atoms with Gasteiger partial charge < -0.3 is 15.8 Å². The van der Waals surface area contributed by atoms with Crippen LogP contribution in [0, 0.1) is 0 Å². The van der Waals surface area contributed by atoms with Crippen LogP contribution in [0.2, 0.25) is 0 Å². The second-order valence-corrected chi connectivity index (χ2v) is 6.22. The Morgan fingerprint density at radius 2 is 2.11 bits per heavy atom. The standard InChI is InChI=1S/C13H22N4OS/c1-18-12-10(14)11(16-9-17-12)15-8-13(19-2)6-4-3-5-7-13/h9H,3-8,14H2,1-2H3,(H,15,16,17). The molecular formula is C13H22N4OS. The number of hydrogen-bond donors (Lipinski definition) is 2. The molecule has 1 aromatic rings. The van der Waals surface area contributed by atoms with Gasteiger partial charge in [0.2, 0.25) is 5.88 Å². The number of nitrogens with one attached hydrogen (secondary N) is 1. The fourth-order valence-corrected chi connectivity index (χ4v) is 3.49. The molecule has 5 nitrogen and oxygen atoms in total. The molecule has 1 heterocycles. The number of methoxy groups -OCH3 is 1. The molecule has 0 spiro atoms. The quantitative estimate of drug-likeness (QED) is 0.864. The van der Waals surface area contributed by atoms with Crippen LogP contribution in [0.3, 0.4) is 0 Å². The largest absolute Gasteiger partial charge is 0.479 e. The third-order valence-electron chi connectivity index (χ3n) is 3.82. The summed E-state index contributed by atoms with van der Waals surface area (Å²) in [6.45, 7) is 0.887. The van der Waals surface area contributed by atoms with Gasteiger partial charge in [0, 0.05) is 11.3 Å². The Balaban J connectivity index is 2.05. The highest BCUT2D eigenvalue weighted by Gasteiger charge is 2.31. The maximum absolute atomic E-state index is 5.97. The van der Waals surface area contributed by atoms with E-state index in [4.69, 9.17) is 10.5 Å². The minimum Gasteiger partial charge on any atom is -0.479 e. The molecule has 0 saturated heterocycles. The maximum Gasteiger partial charge on any atom is 0.242 e. The molecule has 1 aliphatic rings. The molecule has 0 bridgehead atoms. The smallest absolute Gasteiger partial charge is 0.242 e. The zero-order valence-electron chi connectivity index (χ0n) is 11.6. The third kappa shape index (κ3) is 3.23. The highest BCUT2D eigenvalue weighted by Crippen LogP contribution is 2.39. The number of nitrogen functional groups attached to an aromatic ring is 1. The first kappa shape index (κ1) is 14.2. The lowest BCUT2D eigenvalue weighted by molar-refractivity contribution is 0.399. The monoisotopic (exact) mass is 282 g/mol. The first-order chi connectivity index (χ1) is 9.21. The normalized spacial score (nSPS) is 18.0. The summed E-state index contributed by atoms with van der Waals surface area (Å²) in [7, 11) is 1.56. The Labute approximate surface area is 118 Å². The molecule has 0 unspecified atom stereocenters. The van der Waals surface area contributed by atoms with Gasteiger partial charge in [-0.15, -0.1) is 0 Å². The number of thioether (sulfide) groups is 1. The first-order valence-electron chi connectivity index (χ1n) is 6.64. The van der Waals surface area contributed by atoms with Crippen LogP contribution in [-0.4, -0.2) is 34.6 Å². The van der Waals surface area contributed by atoms with Crippen molar-refractivity contribution in [3.8, 4) is 5.88 Å². The van der Waals surface area contributed by atoms with Gasteiger partial charge in [0.1, 0.15) is 12.0 Å². The molecule has 0 aromatic carbocycles. The van der Waals surface area contributed by atoms with Crippen LogP contribution in [0.4, 0.5) is 11.5 Å². The lowest BCUT2D eigenvalue weighted by atomic mass is 9.88. The minimum absolute atomic E-state index is 0.308. The van der Waals surface area contributed by atoms with E-state index in [0.717, 1.165) is 6.54 Å². The van der Waals surface area contributed by atoms with Gasteiger partial charge in [-0.1, -0.05) is 19.3 Å². The Hall–Kier alpha value is -1.17. The Bertz CT molecular complexity index is 421. The Kier molecular flexibility index (Phi) is 4.74. The summed E-state index contributed by atoms with van der Waals surface area (Å²) in [5.41, 5.74) is 6.46. The van der Waals surface area contributed by atoms with Crippen molar-refractivity contribution in [1.29, 1.82) is 0 Å². The molecule has 0 aliphatic heterocycles. The number of hydrogen-bond acceptors (Lipinski definition) is 6. The van der Waals surface area contributed by atoms with Gasteiger partial charge in [-0.05, 0) is 19.1 Å². The van der Waals surface area contributed by atoms with Crippen molar-refractivity contribution in [1.82, 2.24) is 9.97 Å². The molecule has 3 N–H and O–H groups in total. The number of aromatic nitrogens is 2. The van der Waals surface area contributed by atoms with Gasteiger partial charge in [0.05, 0.1) is 7.11 Å². The lowest BCUT2D eigenvalue weighted by Crippen LogP contribution is -2.35. The summed E-state index contributed by atoms with van der Waals surface area (Å²) >= 11 is 1.95. The van der Waals surface area contributed by atoms with E-state index in [1.807, 2.05) is 11.8 Å². The summed E-state index contributed by atoms with van der Waals surface area (Å²) in [5.74, 6) is 1.10. The molecule has 1 aliphatic carbocycles. The molecule has 6 heteroatoms. The zero-order chi connectivity index (χ0) is 13.7. The number of nitrogens with zero attached hydrogens (tertiary/aromatic N) is 2. The van der Waals surface area contributed by atoms with Crippen LogP contribution in [0.25, 0.3) is 0 Å². The van der Waals surface area contributed by atoms with Crippen molar-refractivity contribution in [2.75, 3.05) is 31.0 Å². The second-order valence-electron chi connectivity index (χ2n) is 4.95. The fraction of sp³-hybridized carbons (Fsp3) is 0.692. The molecule has 19 heavy (non-hydrogen) atoms. The predicted octanol–water partition coefficient (Wildman–Crippen LogP) is 2.55. The SMILES string of the molecule is COc1ncnc(NCC2(SC)CCCCC2)c1N. The minimum atomic E-state index is 0.308. The summed E-state index contributed by atoms with van der Waals surface area (Å²) in [6, 6.07) is 0. The van der Waals surface area contributed by atoms with Gasteiger partial charge in [-0.25, -0.2) is 4.98 Å². The number of nitrogens with two attached hydrogens (primary N) is 1. The van der Waals surface area contributed by atoms with Gasteiger partial charge in [0.25, 0.3) is 0 Å². The van der Waals surface area contributed by atoms with Crippen molar-refractivity contribution in [3.05, 3.63) is 6.33 Å². The van der Waals surface area contributed by atoms with Crippen molar-refractivity contribution >= 4 is 23.3 Å². The highest BCUT2D eigenvalue weighted by molar-refractivity contribution is 8.00. The Morgan fingerprint density at radius 3 is 2.74 bits per heavy atom. The second kappa shape index (κ2) is 6.32. The van der Waals surface area contributed by atoms with Crippen molar-refractivity contribution < 1.29 is 4.74 Å². The van der Waals surface area contributed by atoms with E-state index in [0.29, 0.717) is 22.1 Å². The van der Waals surface area contributed by atoms with Gasteiger partial charge >= 0.3 is 0 Å². The topological polar surface area (TPSA) is 73.1 Å². The molecule has 0 atom stereocenters. The molecule has 1 aromatic heterocycles. The third-order valence-corrected chi connectivity index (χ3v) is 5.24. The average molecular weight is 282 g/mol. The number of anilines is 2. The molecule has 0 amide bonds. The van der Waals surface area contributed by atoms with Crippen LogP contribution < -0.4 is 15.8 Å². The van der Waals surface area contributed by atoms with E-state index in [1.54, 1.807) is 7.11 Å². The van der Waals surface area contributed by atoms with E-state index in [2.05, 4.69) is 21.5 Å². The van der Waals surface area contributed by atoms with Crippen molar-refractivity contribution in [2.24, 2.45) is 0 Å². The van der Waals surface area contributed by atoms with Crippen molar-refractivity contribution in [3.63, 3.8) is 0 Å². The lowest BCUT2D eigenvalue weighted by Gasteiger charge is -2.36. The fourth-order valence-electron chi connectivity index (χ4n) is 2.58. The summed E-state index contributed by atoms with van der Waals surface area (Å²) in [6.07, 6.45) is 10.1. The Morgan fingerprint density at radius 1 is 1.37 bits per heavy atom. The first-order valence-corrected chi connectivity index (χ1v) is 7.87. The number of rotatable bonds is 5. The van der Waals surface area contributed by atoms with Gasteiger partial charge in [0.15, 0.2) is 5.82 Å². The molecular weight excluding hydrogens is 260 g/mol. The summed E-state index contributed by atoms with van der Waals surface area (Å²) < 4.78 is 5.42. The van der Waals surface area contributed by atoms with E-state index in [1.165, 1.54) is 38.4 Å². The van der Waals surface area contributed by atoms with Crippen LogP contribution in [-0.2, 0) is 0 Å².